The van der Waals surface area contributed by atoms with E-state index in [1.165, 1.54) is 12.1 Å². The van der Waals surface area contributed by atoms with E-state index >= 15 is 0 Å². The van der Waals surface area contributed by atoms with Gasteiger partial charge in [0.1, 0.15) is 0 Å². The molecule has 6 heteroatoms. The number of sulfonamides is 1. The highest BCUT2D eigenvalue weighted by Crippen LogP contribution is 2.20. The third-order valence-corrected chi connectivity index (χ3v) is 4.52. The summed E-state index contributed by atoms with van der Waals surface area (Å²) in [5.41, 5.74) is 2.58. The van der Waals surface area contributed by atoms with Gasteiger partial charge >= 0.3 is 0 Å². The molecule has 0 amide bonds. The van der Waals surface area contributed by atoms with Gasteiger partial charge in [0.25, 0.3) is 10.0 Å². The maximum Gasteiger partial charge on any atom is 0.261 e. The molecule has 2 rings (SSSR count). The molecule has 0 bridgehead atoms. The second-order valence-electron chi connectivity index (χ2n) is 4.94. The van der Waals surface area contributed by atoms with Crippen LogP contribution in [-0.2, 0) is 10.0 Å². The minimum Gasteiger partial charge on any atom is -0.389 e. The average Bonchev–Trinajstić information content (AvgIpc) is 2.42. The Morgan fingerprint density at radius 3 is 2.24 bits per heavy atom. The van der Waals surface area contributed by atoms with E-state index in [0.717, 1.165) is 5.69 Å². The number of aliphatic hydroxyl groups excluding tert-OH is 1. The van der Waals surface area contributed by atoms with Crippen LogP contribution in [0.2, 0.25) is 0 Å². The maximum absolute atomic E-state index is 12.3. The van der Waals surface area contributed by atoms with Crippen LogP contribution in [0.1, 0.15) is 30.0 Å². The van der Waals surface area contributed by atoms with E-state index in [9.17, 15) is 13.5 Å². The molecule has 0 radical (unpaired) electrons. The van der Waals surface area contributed by atoms with E-state index in [4.69, 9.17) is 0 Å². The lowest BCUT2D eigenvalue weighted by Gasteiger charge is -2.11. The van der Waals surface area contributed by atoms with Crippen molar-refractivity contribution in [3.8, 4) is 0 Å². The maximum atomic E-state index is 12.3. The zero-order valence-corrected chi connectivity index (χ0v) is 13.0. The fourth-order valence-electron chi connectivity index (χ4n) is 1.92. The van der Waals surface area contributed by atoms with Gasteiger partial charge in [-0.1, -0.05) is 12.1 Å². The van der Waals surface area contributed by atoms with E-state index in [2.05, 4.69) is 9.71 Å². The van der Waals surface area contributed by atoms with Crippen LogP contribution in [-0.4, -0.2) is 18.5 Å². The fraction of sp³-hybridized carbons (Fsp3) is 0.267. The molecule has 0 saturated heterocycles. The summed E-state index contributed by atoms with van der Waals surface area (Å²) in [4.78, 5) is 4.37. The first-order valence-electron chi connectivity index (χ1n) is 6.55. The lowest BCUT2D eigenvalue weighted by atomic mass is 10.1. The van der Waals surface area contributed by atoms with Gasteiger partial charge < -0.3 is 5.11 Å². The van der Waals surface area contributed by atoms with Crippen LogP contribution >= 0.6 is 0 Å². The van der Waals surface area contributed by atoms with Gasteiger partial charge in [-0.25, -0.2) is 8.42 Å². The standard InChI is InChI=1S/C15H18N2O3S/c1-10-4-9-15(11(2)16-10)17-21(19,20)14-7-5-13(6-8-14)12(3)18/h4-9,12,17-18H,1-3H3. The first kappa shape index (κ1) is 15.5. The summed E-state index contributed by atoms with van der Waals surface area (Å²) < 4.78 is 27.2. The Labute approximate surface area is 124 Å². The highest BCUT2D eigenvalue weighted by Gasteiger charge is 2.16. The molecule has 0 saturated carbocycles. The van der Waals surface area contributed by atoms with E-state index in [1.807, 2.05) is 6.92 Å². The number of pyridine rings is 1. The summed E-state index contributed by atoms with van der Waals surface area (Å²) in [6.45, 7) is 5.23. The third kappa shape index (κ3) is 3.59. The average molecular weight is 306 g/mol. The molecule has 2 N–H and O–H groups in total. The summed E-state index contributed by atoms with van der Waals surface area (Å²) in [5.74, 6) is 0. The Balaban J connectivity index is 2.29. The van der Waals surface area contributed by atoms with E-state index < -0.39 is 16.1 Å². The van der Waals surface area contributed by atoms with Crippen molar-refractivity contribution in [1.82, 2.24) is 4.98 Å². The van der Waals surface area contributed by atoms with Crippen molar-refractivity contribution in [2.45, 2.75) is 31.8 Å². The molecule has 2 aromatic rings. The lowest BCUT2D eigenvalue weighted by Crippen LogP contribution is -2.14. The normalized spacial score (nSPS) is 13.0. The first-order valence-corrected chi connectivity index (χ1v) is 8.03. The van der Waals surface area contributed by atoms with Crippen LogP contribution in [0.15, 0.2) is 41.3 Å². The number of benzene rings is 1. The molecule has 1 aromatic carbocycles. The minimum atomic E-state index is -3.66. The zero-order chi connectivity index (χ0) is 15.6. The van der Waals surface area contributed by atoms with Gasteiger partial charge in [0.15, 0.2) is 0 Å². The molecule has 21 heavy (non-hydrogen) atoms. The summed E-state index contributed by atoms with van der Waals surface area (Å²) in [7, 11) is -3.66. The van der Waals surface area contributed by atoms with Gasteiger partial charge in [0.2, 0.25) is 0 Å². The number of anilines is 1. The van der Waals surface area contributed by atoms with Crippen molar-refractivity contribution in [2.75, 3.05) is 4.72 Å². The van der Waals surface area contributed by atoms with Crippen LogP contribution in [0.4, 0.5) is 5.69 Å². The second kappa shape index (κ2) is 5.83. The monoisotopic (exact) mass is 306 g/mol. The Kier molecular flexibility index (Phi) is 4.29. The predicted octanol–water partition coefficient (Wildman–Crippen LogP) is 2.55. The number of nitrogens with one attached hydrogen (secondary N) is 1. The summed E-state index contributed by atoms with van der Waals surface area (Å²) >= 11 is 0. The van der Waals surface area contributed by atoms with Gasteiger partial charge in [-0.05, 0) is 50.6 Å². The molecule has 1 aromatic heterocycles. The molecule has 0 fully saturated rings. The molecule has 1 unspecified atom stereocenters. The zero-order valence-electron chi connectivity index (χ0n) is 12.2. The number of rotatable bonds is 4. The Bertz CT molecular complexity index is 738. The molecule has 5 nitrogen and oxygen atoms in total. The molecule has 112 valence electrons. The molecular weight excluding hydrogens is 288 g/mol. The van der Waals surface area contributed by atoms with Crippen LogP contribution in [0.5, 0.6) is 0 Å². The largest absolute Gasteiger partial charge is 0.389 e. The summed E-state index contributed by atoms with van der Waals surface area (Å²) in [6, 6.07) is 9.59. The first-order chi connectivity index (χ1) is 9.79. The number of hydrogen-bond donors (Lipinski definition) is 2. The Morgan fingerprint density at radius 1 is 1.10 bits per heavy atom. The van der Waals surface area contributed by atoms with Crippen molar-refractivity contribution < 1.29 is 13.5 Å². The van der Waals surface area contributed by atoms with Gasteiger partial charge in [-0.15, -0.1) is 0 Å². The summed E-state index contributed by atoms with van der Waals surface area (Å²) in [6.07, 6.45) is -0.627. The highest BCUT2D eigenvalue weighted by molar-refractivity contribution is 7.92. The van der Waals surface area contributed by atoms with Crippen LogP contribution in [0.25, 0.3) is 0 Å². The third-order valence-electron chi connectivity index (χ3n) is 3.14. The van der Waals surface area contributed by atoms with Gasteiger partial charge in [-0.3, -0.25) is 9.71 Å². The highest BCUT2D eigenvalue weighted by atomic mass is 32.2. The fourth-order valence-corrected chi connectivity index (χ4v) is 3.04. The Hall–Kier alpha value is -1.92. The van der Waals surface area contributed by atoms with Crippen molar-refractivity contribution in [2.24, 2.45) is 0 Å². The predicted molar refractivity (Wildman–Crippen MR) is 81.6 cm³/mol. The molecule has 0 spiro atoms. The number of hydrogen-bond acceptors (Lipinski definition) is 4. The lowest BCUT2D eigenvalue weighted by molar-refractivity contribution is 0.199. The van der Waals surface area contributed by atoms with Gasteiger partial charge in [0, 0.05) is 5.69 Å². The minimum absolute atomic E-state index is 0.145. The van der Waals surface area contributed by atoms with Crippen LogP contribution < -0.4 is 4.72 Å². The van der Waals surface area contributed by atoms with Gasteiger partial charge in [-0.2, -0.15) is 0 Å². The second-order valence-corrected chi connectivity index (χ2v) is 6.62. The van der Waals surface area contributed by atoms with Crippen molar-refractivity contribution in [1.29, 1.82) is 0 Å². The van der Waals surface area contributed by atoms with Crippen molar-refractivity contribution in [3.05, 3.63) is 53.3 Å². The SMILES string of the molecule is Cc1ccc(NS(=O)(=O)c2ccc(C(C)O)cc2)c(C)n1. The molecule has 0 aliphatic heterocycles. The number of aliphatic hydroxyl groups is 1. The van der Waals surface area contributed by atoms with Crippen molar-refractivity contribution in [3.63, 3.8) is 0 Å². The van der Waals surface area contributed by atoms with E-state index in [-0.39, 0.29) is 4.90 Å². The van der Waals surface area contributed by atoms with Crippen molar-refractivity contribution >= 4 is 15.7 Å². The van der Waals surface area contributed by atoms with Gasteiger partial charge in [0.05, 0.1) is 22.4 Å². The number of aryl methyl sites for hydroxylation is 2. The Morgan fingerprint density at radius 2 is 1.71 bits per heavy atom. The molecular formula is C15H18N2O3S. The topological polar surface area (TPSA) is 79.3 Å². The smallest absolute Gasteiger partial charge is 0.261 e. The molecule has 0 aliphatic rings. The summed E-state index contributed by atoms with van der Waals surface area (Å²) in [5, 5.41) is 9.44. The van der Waals surface area contributed by atoms with E-state index in [1.54, 1.807) is 38.1 Å². The quantitative estimate of drug-likeness (QED) is 0.910. The van der Waals surface area contributed by atoms with Crippen LogP contribution in [0.3, 0.4) is 0 Å². The van der Waals surface area contributed by atoms with Crippen LogP contribution in [0, 0.1) is 13.8 Å². The van der Waals surface area contributed by atoms with E-state index in [0.29, 0.717) is 16.9 Å². The molecule has 0 aliphatic carbocycles. The molecule has 1 heterocycles. The molecule has 1 atom stereocenters. The number of nitrogens with zero attached hydrogens (tertiary/aromatic N) is 1. The number of aromatic nitrogens is 1.